The zero-order valence-electron chi connectivity index (χ0n) is 19.4. The maximum absolute atomic E-state index is 4.18. The van der Waals surface area contributed by atoms with Crippen LogP contribution in [-0.2, 0) is 0 Å². The van der Waals surface area contributed by atoms with Crippen LogP contribution in [0.25, 0.3) is 0 Å². The molecule has 1 fully saturated rings. The third-order valence-electron chi connectivity index (χ3n) is 10.1. The fraction of sp³-hybridized carbons (Fsp3) is 0.920. The summed E-state index contributed by atoms with van der Waals surface area (Å²) in [6.45, 7) is 31.6. The monoisotopic (exact) mass is 348 g/mol. The van der Waals surface area contributed by atoms with Crippen LogP contribution < -0.4 is 0 Å². The summed E-state index contributed by atoms with van der Waals surface area (Å²) in [5.41, 5.74) is 1.41. The van der Waals surface area contributed by atoms with Crippen LogP contribution in [0.4, 0.5) is 0 Å². The molecule has 1 aliphatic rings. The van der Waals surface area contributed by atoms with Gasteiger partial charge in [0, 0.05) is 0 Å². The predicted octanol–water partition coefficient (Wildman–Crippen LogP) is 8.38. The lowest BCUT2D eigenvalue weighted by Crippen LogP contribution is -2.75. The van der Waals surface area contributed by atoms with Crippen LogP contribution >= 0.6 is 0 Å². The highest BCUT2D eigenvalue weighted by molar-refractivity contribution is 5.24. The van der Waals surface area contributed by atoms with Crippen molar-refractivity contribution in [3.8, 4) is 0 Å². The maximum Gasteiger partial charge on any atom is -0.0176 e. The van der Waals surface area contributed by atoms with E-state index in [0.717, 1.165) is 30.1 Å². The Bertz CT molecular complexity index is 455. The van der Waals surface area contributed by atoms with Crippen molar-refractivity contribution in [1.82, 2.24) is 0 Å². The Hall–Kier alpha value is -0.260. The third-order valence-corrected chi connectivity index (χ3v) is 10.1. The lowest BCUT2D eigenvalue weighted by Gasteiger charge is -2.81. The summed E-state index contributed by atoms with van der Waals surface area (Å²) >= 11 is 0. The van der Waals surface area contributed by atoms with Crippen molar-refractivity contribution in [2.45, 2.75) is 102 Å². The van der Waals surface area contributed by atoms with E-state index in [1.807, 2.05) is 0 Å². The summed E-state index contributed by atoms with van der Waals surface area (Å²) in [5.74, 6) is 3.08. The Labute approximate surface area is 160 Å². The van der Waals surface area contributed by atoms with Crippen LogP contribution in [0.15, 0.2) is 12.7 Å². The SMILES string of the molecule is C=CCC(C(CC)C(CC)C(C)C)C1(C)C(C)(C)C(C)(C)C1(C)CC. The molecule has 1 saturated carbocycles. The smallest absolute Gasteiger partial charge is 0.0176 e. The summed E-state index contributed by atoms with van der Waals surface area (Å²) in [7, 11) is 0. The Morgan fingerprint density at radius 1 is 0.800 bits per heavy atom. The molecule has 0 N–H and O–H groups in total. The quantitative estimate of drug-likeness (QED) is 0.367. The van der Waals surface area contributed by atoms with Crippen LogP contribution in [0, 0.1) is 45.3 Å². The van der Waals surface area contributed by atoms with E-state index in [1.54, 1.807) is 0 Å². The molecule has 0 heterocycles. The van der Waals surface area contributed by atoms with Gasteiger partial charge in [0.1, 0.15) is 0 Å². The molecule has 1 aliphatic carbocycles. The molecule has 0 nitrogen and oxygen atoms in total. The van der Waals surface area contributed by atoms with Crippen molar-refractivity contribution in [3.63, 3.8) is 0 Å². The van der Waals surface area contributed by atoms with Gasteiger partial charge in [-0.3, -0.25) is 0 Å². The van der Waals surface area contributed by atoms with Crippen molar-refractivity contribution >= 4 is 0 Å². The highest BCUT2D eigenvalue weighted by Crippen LogP contribution is 2.82. The number of hydrogen-bond donors (Lipinski definition) is 0. The van der Waals surface area contributed by atoms with E-state index in [4.69, 9.17) is 0 Å². The first-order valence-corrected chi connectivity index (χ1v) is 11.0. The Morgan fingerprint density at radius 2 is 1.28 bits per heavy atom. The molecule has 148 valence electrons. The van der Waals surface area contributed by atoms with E-state index >= 15 is 0 Å². The molecular weight excluding hydrogens is 300 g/mol. The topological polar surface area (TPSA) is 0 Å². The van der Waals surface area contributed by atoms with E-state index < -0.39 is 0 Å². The molecule has 0 amide bonds. The number of rotatable bonds is 9. The molecular formula is C25H48. The van der Waals surface area contributed by atoms with E-state index in [-0.39, 0.29) is 0 Å². The van der Waals surface area contributed by atoms with Crippen LogP contribution in [0.3, 0.4) is 0 Å². The summed E-state index contributed by atoms with van der Waals surface area (Å²) < 4.78 is 0. The zero-order chi connectivity index (χ0) is 19.8. The summed E-state index contributed by atoms with van der Waals surface area (Å²) in [5, 5.41) is 0. The molecule has 0 spiro atoms. The standard InChI is InChI=1S/C25H48/c1-13-17-21(20(15-3)19(14-2)18(5)6)25(12)23(9,10)22(7,8)24(25,11)16-4/h13,18-21H,1,14-17H2,2-12H3. The molecule has 0 radical (unpaired) electrons. The molecule has 0 bridgehead atoms. The molecule has 0 aromatic rings. The molecule has 0 heteroatoms. The first-order chi connectivity index (χ1) is 11.4. The number of hydrogen-bond acceptors (Lipinski definition) is 0. The summed E-state index contributed by atoms with van der Waals surface area (Å²) in [6.07, 6.45) is 7.23. The largest absolute Gasteiger partial charge is 0.103 e. The van der Waals surface area contributed by atoms with Gasteiger partial charge in [0.15, 0.2) is 0 Å². The van der Waals surface area contributed by atoms with Gasteiger partial charge in [-0.25, -0.2) is 0 Å². The minimum Gasteiger partial charge on any atom is -0.103 e. The molecule has 25 heavy (non-hydrogen) atoms. The zero-order valence-corrected chi connectivity index (χ0v) is 19.4. The molecule has 0 aromatic heterocycles. The fourth-order valence-electron chi connectivity index (χ4n) is 7.47. The Kier molecular flexibility index (Phi) is 6.74. The van der Waals surface area contributed by atoms with Gasteiger partial charge in [-0.05, 0) is 58.2 Å². The Balaban J connectivity index is 3.53. The Morgan fingerprint density at radius 3 is 1.60 bits per heavy atom. The summed E-state index contributed by atoms with van der Waals surface area (Å²) in [6, 6.07) is 0. The third kappa shape index (κ3) is 2.76. The van der Waals surface area contributed by atoms with E-state index in [2.05, 4.69) is 88.8 Å². The minimum atomic E-state index is 0.334. The van der Waals surface area contributed by atoms with Crippen molar-refractivity contribution in [2.75, 3.05) is 0 Å². The normalized spacial score (nSPS) is 34.2. The van der Waals surface area contributed by atoms with Crippen LogP contribution in [0.1, 0.15) is 102 Å². The van der Waals surface area contributed by atoms with Gasteiger partial charge in [0.05, 0.1) is 0 Å². The van der Waals surface area contributed by atoms with Crippen molar-refractivity contribution in [1.29, 1.82) is 0 Å². The van der Waals surface area contributed by atoms with Crippen molar-refractivity contribution in [3.05, 3.63) is 12.7 Å². The van der Waals surface area contributed by atoms with Crippen LogP contribution in [0.5, 0.6) is 0 Å². The second-order valence-corrected chi connectivity index (χ2v) is 10.7. The molecule has 5 unspecified atom stereocenters. The van der Waals surface area contributed by atoms with Crippen molar-refractivity contribution in [2.24, 2.45) is 45.3 Å². The first kappa shape index (κ1) is 22.8. The molecule has 0 saturated heterocycles. The van der Waals surface area contributed by atoms with Gasteiger partial charge >= 0.3 is 0 Å². The minimum absolute atomic E-state index is 0.334. The fourth-order valence-corrected chi connectivity index (χ4v) is 7.47. The predicted molar refractivity (Wildman–Crippen MR) is 115 cm³/mol. The highest BCUT2D eigenvalue weighted by Gasteiger charge is 2.76. The molecule has 5 atom stereocenters. The van der Waals surface area contributed by atoms with E-state index in [0.29, 0.717) is 21.7 Å². The van der Waals surface area contributed by atoms with Gasteiger partial charge in [-0.15, -0.1) is 6.58 Å². The van der Waals surface area contributed by atoms with E-state index in [9.17, 15) is 0 Å². The van der Waals surface area contributed by atoms with Crippen LogP contribution in [0.2, 0.25) is 0 Å². The lowest BCUT2D eigenvalue weighted by atomic mass is 9.23. The van der Waals surface area contributed by atoms with Gasteiger partial charge in [-0.2, -0.15) is 0 Å². The first-order valence-electron chi connectivity index (χ1n) is 11.0. The van der Waals surface area contributed by atoms with E-state index in [1.165, 1.54) is 19.3 Å². The second kappa shape index (κ2) is 7.40. The lowest BCUT2D eigenvalue weighted by molar-refractivity contribution is -0.333. The summed E-state index contributed by atoms with van der Waals surface area (Å²) in [4.78, 5) is 0. The van der Waals surface area contributed by atoms with Gasteiger partial charge in [-0.1, -0.05) is 95.1 Å². The average Bonchev–Trinajstić information content (AvgIpc) is 2.54. The molecule has 1 rings (SSSR count). The van der Waals surface area contributed by atoms with Crippen molar-refractivity contribution < 1.29 is 0 Å². The van der Waals surface area contributed by atoms with Gasteiger partial charge in [0.2, 0.25) is 0 Å². The number of allylic oxidation sites excluding steroid dienone is 1. The van der Waals surface area contributed by atoms with Crippen LogP contribution in [-0.4, -0.2) is 0 Å². The van der Waals surface area contributed by atoms with Gasteiger partial charge < -0.3 is 0 Å². The molecule has 0 aliphatic heterocycles. The second-order valence-electron chi connectivity index (χ2n) is 10.7. The highest BCUT2D eigenvalue weighted by atomic mass is 14.8. The average molecular weight is 349 g/mol. The van der Waals surface area contributed by atoms with Gasteiger partial charge in [0.25, 0.3) is 0 Å². The maximum atomic E-state index is 4.18. The molecule has 0 aromatic carbocycles.